The number of esters is 1. The van der Waals surface area contributed by atoms with Crippen molar-refractivity contribution >= 4 is 5.97 Å². The molecule has 0 N–H and O–H groups in total. The van der Waals surface area contributed by atoms with E-state index in [4.69, 9.17) is 4.74 Å². The number of likely N-dealkylation sites (tertiary alicyclic amines) is 1. The fraction of sp³-hybridized carbons (Fsp3) is 0.857. The summed E-state index contributed by atoms with van der Waals surface area (Å²) in [5.41, 5.74) is 0. The van der Waals surface area contributed by atoms with E-state index < -0.39 is 0 Å². The topological polar surface area (TPSA) is 29.5 Å². The maximum absolute atomic E-state index is 10.9. The molecule has 0 aromatic heterocycles. The van der Waals surface area contributed by atoms with Crippen LogP contribution in [0.15, 0.2) is 0 Å². The predicted octanol–water partition coefficient (Wildman–Crippen LogP) is 0.00760. The lowest BCUT2D eigenvalue weighted by Gasteiger charge is -2.33. The van der Waals surface area contributed by atoms with E-state index in [9.17, 15) is 4.79 Å². The van der Waals surface area contributed by atoms with Crippen LogP contribution >= 0.6 is 0 Å². The normalized spacial score (nSPS) is 33.6. The van der Waals surface area contributed by atoms with Gasteiger partial charge >= 0.3 is 5.97 Å². The van der Waals surface area contributed by atoms with Crippen LogP contribution in [0, 0.1) is 0 Å². The molecule has 0 aliphatic carbocycles. The first-order valence-corrected chi connectivity index (χ1v) is 3.78. The van der Waals surface area contributed by atoms with Crippen molar-refractivity contribution in [1.29, 1.82) is 0 Å². The number of carbonyl (C=O) groups is 1. The number of rotatable bonds is 1. The van der Waals surface area contributed by atoms with Crippen LogP contribution in [0.5, 0.6) is 0 Å². The Morgan fingerprint density at radius 3 is 2.70 bits per heavy atom. The molecule has 1 unspecified atom stereocenters. The van der Waals surface area contributed by atoms with E-state index in [0.717, 1.165) is 19.5 Å². The Hall–Kier alpha value is -0.570. The molecule has 2 heterocycles. The van der Waals surface area contributed by atoms with Gasteiger partial charge in [0.25, 0.3) is 0 Å². The van der Waals surface area contributed by atoms with Crippen LogP contribution in [0.3, 0.4) is 0 Å². The molecule has 2 aliphatic rings. The van der Waals surface area contributed by atoms with E-state index in [1.54, 1.807) is 0 Å². The zero-order valence-electron chi connectivity index (χ0n) is 5.88. The summed E-state index contributed by atoms with van der Waals surface area (Å²) >= 11 is 0. The van der Waals surface area contributed by atoms with Gasteiger partial charge in [-0.05, 0) is 6.42 Å². The Morgan fingerprint density at radius 2 is 2.30 bits per heavy atom. The van der Waals surface area contributed by atoms with Gasteiger partial charge in [-0.25, -0.2) is 0 Å². The number of hydrogen-bond donors (Lipinski definition) is 0. The first-order valence-electron chi connectivity index (χ1n) is 3.78. The minimum atomic E-state index is -0.0142. The maximum Gasteiger partial charge on any atom is 0.323 e. The molecule has 0 radical (unpaired) electrons. The van der Waals surface area contributed by atoms with Crippen molar-refractivity contribution < 1.29 is 9.53 Å². The van der Waals surface area contributed by atoms with E-state index >= 15 is 0 Å². The molecule has 3 nitrogen and oxygen atoms in total. The summed E-state index contributed by atoms with van der Waals surface area (Å²) in [4.78, 5) is 13.1. The molecule has 0 amide bonds. The first kappa shape index (κ1) is 6.16. The first-order chi connectivity index (χ1) is 4.88. The highest BCUT2D eigenvalue weighted by atomic mass is 16.5. The van der Waals surface area contributed by atoms with Crippen LogP contribution in [0.2, 0.25) is 0 Å². The lowest BCUT2D eigenvalue weighted by atomic mass is 10.1. The van der Waals surface area contributed by atoms with Crippen LogP contribution < -0.4 is 0 Å². The molecule has 2 saturated heterocycles. The summed E-state index contributed by atoms with van der Waals surface area (Å²) in [7, 11) is 0. The molecule has 10 heavy (non-hydrogen) atoms. The Balaban J connectivity index is 1.96. The van der Waals surface area contributed by atoms with Gasteiger partial charge in [-0.1, -0.05) is 0 Å². The van der Waals surface area contributed by atoms with Gasteiger partial charge in [0, 0.05) is 19.5 Å². The zero-order valence-corrected chi connectivity index (χ0v) is 5.88. The molecule has 0 aromatic rings. The van der Waals surface area contributed by atoms with Gasteiger partial charge in [0.05, 0.1) is 6.61 Å². The fourth-order valence-electron chi connectivity index (χ4n) is 1.47. The number of cyclic esters (lactones) is 1. The Bertz CT molecular complexity index is 154. The van der Waals surface area contributed by atoms with Crippen LogP contribution in [-0.4, -0.2) is 36.6 Å². The molecule has 2 fully saturated rings. The zero-order chi connectivity index (χ0) is 6.97. The second-order valence-corrected chi connectivity index (χ2v) is 2.86. The van der Waals surface area contributed by atoms with Gasteiger partial charge in [-0.2, -0.15) is 0 Å². The highest BCUT2D eigenvalue weighted by Crippen LogP contribution is 2.19. The molecular weight excluding hydrogens is 130 g/mol. The van der Waals surface area contributed by atoms with Gasteiger partial charge in [0.2, 0.25) is 0 Å². The van der Waals surface area contributed by atoms with Crippen LogP contribution in [0.25, 0.3) is 0 Å². The SMILES string of the molecule is O=C1OCCC1N1CCC1. The van der Waals surface area contributed by atoms with E-state index in [2.05, 4.69) is 4.90 Å². The number of carbonyl (C=O) groups excluding carboxylic acids is 1. The van der Waals surface area contributed by atoms with Crippen molar-refractivity contribution in [3.8, 4) is 0 Å². The van der Waals surface area contributed by atoms with E-state index in [1.807, 2.05) is 0 Å². The molecule has 2 rings (SSSR count). The average molecular weight is 141 g/mol. The van der Waals surface area contributed by atoms with Crippen molar-refractivity contribution in [3.05, 3.63) is 0 Å². The van der Waals surface area contributed by atoms with Crippen molar-refractivity contribution in [1.82, 2.24) is 4.90 Å². The van der Waals surface area contributed by atoms with Crippen LogP contribution in [0.1, 0.15) is 12.8 Å². The van der Waals surface area contributed by atoms with Gasteiger partial charge in [-0.3, -0.25) is 9.69 Å². The molecule has 0 bridgehead atoms. The molecule has 0 spiro atoms. The maximum atomic E-state index is 10.9. The van der Waals surface area contributed by atoms with Crippen molar-refractivity contribution in [2.75, 3.05) is 19.7 Å². The lowest BCUT2D eigenvalue weighted by Crippen LogP contribution is -2.47. The molecule has 0 aromatic carbocycles. The summed E-state index contributed by atoms with van der Waals surface area (Å²) in [5.74, 6) is -0.0142. The monoisotopic (exact) mass is 141 g/mol. The van der Waals surface area contributed by atoms with E-state index in [0.29, 0.717) is 6.61 Å². The predicted molar refractivity (Wildman–Crippen MR) is 35.6 cm³/mol. The van der Waals surface area contributed by atoms with Gasteiger partial charge in [0.1, 0.15) is 6.04 Å². The Labute approximate surface area is 60.0 Å². The highest BCUT2D eigenvalue weighted by molar-refractivity contribution is 5.77. The second kappa shape index (κ2) is 2.23. The Kier molecular flexibility index (Phi) is 1.38. The molecule has 56 valence electrons. The van der Waals surface area contributed by atoms with Crippen molar-refractivity contribution in [2.45, 2.75) is 18.9 Å². The Morgan fingerprint density at radius 1 is 1.50 bits per heavy atom. The lowest BCUT2D eigenvalue weighted by molar-refractivity contribution is -0.143. The summed E-state index contributed by atoms with van der Waals surface area (Å²) in [5, 5.41) is 0. The van der Waals surface area contributed by atoms with Gasteiger partial charge in [0.15, 0.2) is 0 Å². The highest BCUT2D eigenvalue weighted by Gasteiger charge is 2.34. The second-order valence-electron chi connectivity index (χ2n) is 2.86. The number of hydrogen-bond acceptors (Lipinski definition) is 3. The third kappa shape index (κ3) is 0.814. The van der Waals surface area contributed by atoms with Crippen LogP contribution in [-0.2, 0) is 9.53 Å². The molecular formula is C7H11NO2. The van der Waals surface area contributed by atoms with Gasteiger partial charge in [-0.15, -0.1) is 0 Å². The summed E-state index contributed by atoms with van der Waals surface area (Å²) in [6.07, 6.45) is 2.14. The van der Waals surface area contributed by atoms with Crippen LogP contribution in [0.4, 0.5) is 0 Å². The number of ether oxygens (including phenoxy) is 1. The minimum absolute atomic E-state index is 0.0142. The number of nitrogens with zero attached hydrogens (tertiary/aromatic N) is 1. The molecule has 2 aliphatic heterocycles. The van der Waals surface area contributed by atoms with E-state index in [-0.39, 0.29) is 12.0 Å². The van der Waals surface area contributed by atoms with Gasteiger partial charge < -0.3 is 4.74 Å². The smallest absolute Gasteiger partial charge is 0.323 e. The quantitative estimate of drug-likeness (QED) is 0.482. The standard InChI is InChI=1S/C7H11NO2/c9-7-6(2-5-10-7)8-3-1-4-8/h6H,1-5H2. The summed E-state index contributed by atoms with van der Waals surface area (Å²) < 4.78 is 4.84. The van der Waals surface area contributed by atoms with Crippen molar-refractivity contribution in [3.63, 3.8) is 0 Å². The fourth-order valence-corrected chi connectivity index (χ4v) is 1.47. The minimum Gasteiger partial charge on any atom is -0.464 e. The largest absolute Gasteiger partial charge is 0.464 e. The third-order valence-corrected chi connectivity index (χ3v) is 2.24. The molecule has 3 heteroatoms. The average Bonchev–Trinajstić information content (AvgIpc) is 2.12. The van der Waals surface area contributed by atoms with E-state index in [1.165, 1.54) is 6.42 Å². The molecule has 1 atom stereocenters. The van der Waals surface area contributed by atoms with Crippen molar-refractivity contribution in [2.24, 2.45) is 0 Å². The summed E-state index contributed by atoms with van der Waals surface area (Å²) in [6.45, 7) is 2.79. The molecule has 0 saturated carbocycles. The summed E-state index contributed by atoms with van der Waals surface area (Å²) in [6, 6.07) is 0.105. The third-order valence-electron chi connectivity index (χ3n) is 2.24.